The Bertz CT molecular complexity index is 727. The van der Waals surface area contributed by atoms with Crippen molar-refractivity contribution in [2.24, 2.45) is 5.10 Å². The number of halogens is 3. The van der Waals surface area contributed by atoms with E-state index in [0.29, 0.717) is 17.7 Å². The van der Waals surface area contributed by atoms with Crippen LogP contribution in [0, 0.1) is 0 Å². The number of nitrogens with zero attached hydrogens (tertiary/aromatic N) is 1. The zero-order chi connectivity index (χ0) is 16.4. The second-order valence-electron chi connectivity index (χ2n) is 5.08. The molecule has 0 saturated carbocycles. The number of phenols is 1. The van der Waals surface area contributed by atoms with Crippen LogP contribution in [0.3, 0.4) is 0 Å². The van der Waals surface area contributed by atoms with Crippen molar-refractivity contribution in [2.75, 3.05) is 0 Å². The predicted molar refractivity (Wildman–Crippen MR) is 78.3 cm³/mol. The van der Waals surface area contributed by atoms with E-state index < -0.39 is 6.36 Å². The van der Waals surface area contributed by atoms with E-state index in [2.05, 4.69) is 15.3 Å². The van der Waals surface area contributed by atoms with Crippen LogP contribution in [0.4, 0.5) is 13.2 Å². The molecule has 1 aliphatic heterocycles. The maximum atomic E-state index is 12.1. The van der Waals surface area contributed by atoms with Crippen molar-refractivity contribution in [3.05, 3.63) is 59.7 Å². The van der Waals surface area contributed by atoms with Crippen molar-refractivity contribution >= 4 is 5.71 Å². The number of nitrogens with one attached hydrogen (secondary N) is 1. The molecule has 1 heterocycles. The fourth-order valence-electron chi connectivity index (χ4n) is 2.43. The van der Waals surface area contributed by atoms with E-state index in [9.17, 15) is 18.3 Å². The van der Waals surface area contributed by atoms with E-state index >= 15 is 0 Å². The van der Waals surface area contributed by atoms with Gasteiger partial charge in [0.05, 0.1) is 11.8 Å². The Morgan fingerprint density at radius 1 is 1.09 bits per heavy atom. The van der Waals surface area contributed by atoms with Crippen molar-refractivity contribution in [1.29, 1.82) is 0 Å². The first kappa shape index (κ1) is 15.2. The standard InChI is InChI=1S/C16H13F3N2O2/c17-16(18,19)23-11-7-5-10(6-8-11)13-9-14(21-20-13)12-3-1-2-4-15(12)22/h1-8,14,21-22H,9H2. The van der Waals surface area contributed by atoms with Crippen LogP contribution in [-0.4, -0.2) is 17.2 Å². The first-order chi connectivity index (χ1) is 10.9. The van der Waals surface area contributed by atoms with Gasteiger partial charge in [-0.15, -0.1) is 13.2 Å². The van der Waals surface area contributed by atoms with Gasteiger partial charge in [-0.1, -0.05) is 18.2 Å². The molecule has 1 unspecified atom stereocenters. The Labute approximate surface area is 130 Å². The molecule has 120 valence electrons. The fraction of sp³-hybridized carbons (Fsp3) is 0.188. The lowest BCUT2D eigenvalue weighted by molar-refractivity contribution is -0.274. The van der Waals surface area contributed by atoms with Crippen LogP contribution in [0.25, 0.3) is 0 Å². The van der Waals surface area contributed by atoms with E-state index in [-0.39, 0.29) is 17.5 Å². The molecular formula is C16H13F3N2O2. The van der Waals surface area contributed by atoms with Crippen molar-refractivity contribution in [1.82, 2.24) is 5.43 Å². The van der Waals surface area contributed by atoms with Gasteiger partial charge in [0, 0.05) is 12.0 Å². The van der Waals surface area contributed by atoms with Crippen LogP contribution < -0.4 is 10.2 Å². The smallest absolute Gasteiger partial charge is 0.508 e. The highest BCUT2D eigenvalue weighted by molar-refractivity contribution is 6.01. The van der Waals surface area contributed by atoms with Crippen molar-refractivity contribution in [3.63, 3.8) is 0 Å². The van der Waals surface area contributed by atoms with E-state index in [0.717, 1.165) is 5.56 Å². The van der Waals surface area contributed by atoms with Gasteiger partial charge in [-0.25, -0.2) is 0 Å². The number of hydrogen-bond donors (Lipinski definition) is 2. The predicted octanol–water partition coefficient (Wildman–Crippen LogP) is 3.73. The van der Waals surface area contributed by atoms with Crippen LogP contribution in [0.15, 0.2) is 53.6 Å². The number of rotatable bonds is 3. The number of hydrazone groups is 1. The minimum Gasteiger partial charge on any atom is -0.508 e. The number of para-hydroxylation sites is 1. The number of alkyl halides is 3. The topological polar surface area (TPSA) is 53.9 Å². The molecule has 0 spiro atoms. The Hall–Kier alpha value is -2.70. The fourth-order valence-corrected chi connectivity index (χ4v) is 2.43. The number of ether oxygens (including phenoxy) is 1. The maximum Gasteiger partial charge on any atom is 0.573 e. The van der Waals surface area contributed by atoms with Crippen LogP contribution in [0.5, 0.6) is 11.5 Å². The van der Waals surface area contributed by atoms with Gasteiger partial charge >= 0.3 is 6.36 Å². The van der Waals surface area contributed by atoms with Crippen LogP contribution >= 0.6 is 0 Å². The molecule has 1 atom stereocenters. The van der Waals surface area contributed by atoms with E-state index in [1.54, 1.807) is 18.2 Å². The summed E-state index contributed by atoms with van der Waals surface area (Å²) in [6.07, 6.45) is -4.18. The molecule has 0 radical (unpaired) electrons. The van der Waals surface area contributed by atoms with Gasteiger partial charge in [-0.2, -0.15) is 5.10 Å². The molecular weight excluding hydrogens is 309 g/mol. The van der Waals surface area contributed by atoms with Crippen molar-refractivity contribution < 1.29 is 23.0 Å². The molecule has 0 aliphatic carbocycles. The average Bonchev–Trinajstić information content (AvgIpc) is 2.96. The molecule has 0 aromatic heterocycles. The molecule has 0 bridgehead atoms. The monoisotopic (exact) mass is 322 g/mol. The molecule has 0 amide bonds. The third-order valence-corrected chi connectivity index (χ3v) is 3.49. The minimum absolute atomic E-state index is 0.169. The van der Waals surface area contributed by atoms with Gasteiger partial charge in [-0.3, -0.25) is 0 Å². The van der Waals surface area contributed by atoms with Crippen LogP contribution in [-0.2, 0) is 0 Å². The molecule has 2 aromatic carbocycles. The molecule has 2 N–H and O–H groups in total. The van der Waals surface area contributed by atoms with Crippen molar-refractivity contribution in [2.45, 2.75) is 18.8 Å². The highest BCUT2D eigenvalue weighted by atomic mass is 19.4. The van der Waals surface area contributed by atoms with Crippen molar-refractivity contribution in [3.8, 4) is 11.5 Å². The summed E-state index contributed by atoms with van der Waals surface area (Å²) in [5.74, 6) is -0.0968. The molecule has 7 heteroatoms. The first-order valence-corrected chi connectivity index (χ1v) is 6.88. The van der Waals surface area contributed by atoms with E-state index in [1.807, 2.05) is 6.07 Å². The van der Waals surface area contributed by atoms with Gasteiger partial charge in [0.25, 0.3) is 0 Å². The van der Waals surface area contributed by atoms with Gasteiger partial charge < -0.3 is 15.3 Å². The quantitative estimate of drug-likeness (QED) is 0.905. The summed E-state index contributed by atoms with van der Waals surface area (Å²) in [4.78, 5) is 0. The molecule has 23 heavy (non-hydrogen) atoms. The van der Waals surface area contributed by atoms with Gasteiger partial charge in [0.1, 0.15) is 11.5 Å². The summed E-state index contributed by atoms with van der Waals surface area (Å²) < 4.78 is 40.3. The highest BCUT2D eigenvalue weighted by Crippen LogP contribution is 2.31. The minimum atomic E-state index is -4.70. The molecule has 3 rings (SSSR count). The third-order valence-electron chi connectivity index (χ3n) is 3.49. The van der Waals surface area contributed by atoms with Gasteiger partial charge in [0.15, 0.2) is 0 Å². The maximum absolute atomic E-state index is 12.1. The number of hydrogen-bond acceptors (Lipinski definition) is 4. The lowest BCUT2D eigenvalue weighted by atomic mass is 9.98. The average molecular weight is 322 g/mol. The van der Waals surface area contributed by atoms with E-state index in [1.165, 1.54) is 24.3 Å². The van der Waals surface area contributed by atoms with E-state index in [4.69, 9.17) is 0 Å². The summed E-state index contributed by atoms with van der Waals surface area (Å²) in [5.41, 5.74) is 5.06. The first-order valence-electron chi connectivity index (χ1n) is 6.88. The second kappa shape index (κ2) is 5.83. The summed E-state index contributed by atoms with van der Waals surface area (Å²) in [5, 5.41) is 14.1. The Morgan fingerprint density at radius 3 is 2.43 bits per heavy atom. The second-order valence-corrected chi connectivity index (χ2v) is 5.08. The summed E-state index contributed by atoms with van der Waals surface area (Å²) >= 11 is 0. The van der Waals surface area contributed by atoms with Gasteiger partial charge in [0.2, 0.25) is 0 Å². The van der Waals surface area contributed by atoms with Crippen LogP contribution in [0.2, 0.25) is 0 Å². The summed E-state index contributed by atoms with van der Waals surface area (Å²) in [7, 11) is 0. The SMILES string of the molecule is Oc1ccccc1C1CC(c2ccc(OC(F)(F)F)cc2)=NN1. The molecule has 2 aromatic rings. The molecule has 0 saturated heterocycles. The Balaban J connectivity index is 1.71. The number of phenolic OH excluding ortho intramolecular Hbond substituents is 1. The zero-order valence-electron chi connectivity index (χ0n) is 11.8. The lowest BCUT2D eigenvalue weighted by Crippen LogP contribution is -2.17. The molecule has 1 aliphatic rings. The number of aromatic hydroxyl groups is 1. The molecule has 0 fully saturated rings. The highest BCUT2D eigenvalue weighted by Gasteiger charge is 2.31. The largest absolute Gasteiger partial charge is 0.573 e. The Morgan fingerprint density at radius 2 is 1.78 bits per heavy atom. The molecule has 4 nitrogen and oxygen atoms in total. The number of benzene rings is 2. The normalized spacial score (nSPS) is 17.5. The van der Waals surface area contributed by atoms with Crippen LogP contribution in [0.1, 0.15) is 23.6 Å². The summed E-state index contributed by atoms with van der Waals surface area (Å²) in [6, 6.07) is 12.3. The zero-order valence-corrected chi connectivity index (χ0v) is 11.8. The lowest BCUT2D eigenvalue weighted by Gasteiger charge is -2.12. The third kappa shape index (κ3) is 3.56. The Kier molecular flexibility index (Phi) is 3.85. The summed E-state index contributed by atoms with van der Waals surface area (Å²) in [6.45, 7) is 0. The van der Waals surface area contributed by atoms with Gasteiger partial charge in [-0.05, 0) is 35.9 Å².